The van der Waals surface area contributed by atoms with E-state index in [1.165, 1.54) is 15.2 Å². The molecule has 136 valence electrons. The molecule has 0 aliphatic carbocycles. The highest BCUT2D eigenvalue weighted by Crippen LogP contribution is 2.13. The van der Waals surface area contributed by atoms with Gasteiger partial charge in [-0.1, -0.05) is 32.0 Å². The number of aromatic nitrogens is 2. The maximum atomic E-state index is 13.5. The Balaban J connectivity index is 2.18. The summed E-state index contributed by atoms with van der Waals surface area (Å²) in [4.78, 5) is 25.6. The zero-order valence-corrected chi connectivity index (χ0v) is 14.7. The highest BCUT2D eigenvalue weighted by Gasteiger charge is 2.14. The van der Waals surface area contributed by atoms with Crippen molar-refractivity contribution in [3.8, 4) is 0 Å². The third kappa shape index (κ3) is 3.45. The largest absolute Gasteiger partial charge is 0.331 e. The van der Waals surface area contributed by atoms with Gasteiger partial charge in [0, 0.05) is 6.54 Å². The van der Waals surface area contributed by atoms with Crippen LogP contribution in [0, 0.1) is 17.6 Å². The molecule has 0 amide bonds. The maximum Gasteiger partial charge on any atom is 0.331 e. The molecule has 0 saturated heterocycles. The molecular weight excluding hydrogens is 338 g/mol. The van der Waals surface area contributed by atoms with E-state index < -0.39 is 17.3 Å². The van der Waals surface area contributed by atoms with Crippen molar-refractivity contribution >= 4 is 10.9 Å². The highest BCUT2D eigenvalue weighted by molar-refractivity contribution is 5.77. The van der Waals surface area contributed by atoms with Gasteiger partial charge in [0.05, 0.1) is 17.4 Å². The Kier molecular flexibility index (Phi) is 5.02. The van der Waals surface area contributed by atoms with Gasteiger partial charge in [0.2, 0.25) is 0 Å². The van der Waals surface area contributed by atoms with E-state index in [1.807, 2.05) is 13.8 Å². The summed E-state index contributed by atoms with van der Waals surface area (Å²) in [5.41, 5.74) is 0.158. The normalized spacial score (nSPS) is 11.4. The third-order valence-corrected chi connectivity index (χ3v) is 4.39. The molecule has 1 aromatic heterocycles. The lowest BCUT2D eigenvalue weighted by Gasteiger charge is -2.15. The molecule has 0 saturated carbocycles. The zero-order chi connectivity index (χ0) is 18.8. The van der Waals surface area contributed by atoms with Crippen LogP contribution in [0.4, 0.5) is 8.78 Å². The first kappa shape index (κ1) is 18.0. The molecule has 0 aliphatic rings. The topological polar surface area (TPSA) is 44.0 Å². The van der Waals surface area contributed by atoms with Crippen molar-refractivity contribution in [1.82, 2.24) is 9.13 Å². The van der Waals surface area contributed by atoms with Crippen LogP contribution in [-0.4, -0.2) is 9.13 Å². The predicted molar refractivity (Wildman–Crippen MR) is 97.4 cm³/mol. The van der Waals surface area contributed by atoms with Gasteiger partial charge in [0.25, 0.3) is 5.56 Å². The van der Waals surface area contributed by atoms with Crippen LogP contribution < -0.4 is 11.2 Å². The molecule has 0 aliphatic heterocycles. The SMILES string of the molecule is CC(C)CCn1c(=O)c2ccccc2n(Cc2ccc(F)c(F)c2)c1=O. The lowest BCUT2D eigenvalue weighted by atomic mass is 10.1. The summed E-state index contributed by atoms with van der Waals surface area (Å²) in [5.74, 6) is -1.56. The van der Waals surface area contributed by atoms with Crippen molar-refractivity contribution in [3.63, 3.8) is 0 Å². The summed E-state index contributed by atoms with van der Waals surface area (Å²) in [6.07, 6.45) is 0.693. The summed E-state index contributed by atoms with van der Waals surface area (Å²) >= 11 is 0. The monoisotopic (exact) mass is 358 g/mol. The smallest absolute Gasteiger partial charge is 0.289 e. The summed E-state index contributed by atoms with van der Waals surface area (Å²) in [6, 6.07) is 10.4. The standard InChI is InChI=1S/C20H20F2N2O2/c1-13(2)9-10-23-19(25)15-5-3-4-6-18(15)24(20(23)26)12-14-7-8-16(21)17(22)11-14/h3-8,11,13H,9-10,12H2,1-2H3. The fraction of sp³-hybridized carbons (Fsp3) is 0.300. The average molecular weight is 358 g/mol. The molecule has 26 heavy (non-hydrogen) atoms. The Morgan fingerprint density at radius 1 is 0.962 bits per heavy atom. The van der Waals surface area contributed by atoms with E-state index in [4.69, 9.17) is 0 Å². The number of hydrogen-bond acceptors (Lipinski definition) is 2. The Labute approximate surface area is 149 Å². The number of halogens is 2. The number of benzene rings is 2. The van der Waals surface area contributed by atoms with Crippen molar-refractivity contribution in [3.05, 3.63) is 80.5 Å². The molecule has 3 rings (SSSR count). The first-order chi connectivity index (χ1) is 12.4. The molecule has 0 unspecified atom stereocenters. The highest BCUT2D eigenvalue weighted by atomic mass is 19.2. The Bertz CT molecular complexity index is 1070. The predicted octanol–water partition coefficient (Wildman–Crippen LogP) is 3.54. The number of rotatable bonds is 5. The molecule has 0 radical (unpaired) electrons. The van der Waals surface area contributed by atoms with Crippen LogP contribution in [0.5, 0.6) is 0 Å². The van der Waals surface area contributed by atoms with E-state index in [9.17, 15) is 18.4 Å². The molecular formula is C20H20F2N2O2. The van der Waals surface area contributed by atoms with Gasteiger partial charge in [-0.05, 0) is 42.2 Å². The van der Waals surface area contributed by atoms with Gasteiger partial charge in [0.15, 0.2) is 11.6 Å². The Morgan fingerprint density at radius 3 is 2.38 bits per heavy atom. The molecule has 1 heterocycles. The maximum absolute atomic E-state index is 13.5. The lowest BCUT2D eigenvalue weighted by Crippen LogP contribution is -2.40. The first-order valence-electron chi connectivity index (χ1n) is 8.54. The number of fused-ring (bicyclic) bond motifs is 1. The van der Waals surface area contributed by atoms with Crippen LogP contribution >= 0.6 is 0 Å². The molecule has 4 nitrogen and oxygen atoms in total. The molecule has 3 aromatic rings. The molecule has 0 bridgehead atoms. The molecule has 0 N–H and O–H groups in total. The summed E-state index contributed by atoms with van der Waals surface area (Å²) in [6.45, 7) is 4.41. The van der Waals surface area contributed by atoms with Crippen LogP contribution in [0.15, 0.2) is 52.1 Å². The molecule has 2 aromatic carbocycles. The summed E-state index contributed by atoms with van der Waals surface area (Å²) in [5, 5.41) is 0.429. The number of hydrogen-bond donors (Lipinski definition) is 0. The van der Waals surface area contributed by atoms with Crippen LogP contribution in [0.25, 0.3) is 10.9 Å². The first-order valence-corrected chi connectivity index (χ1v) is 8.54. The second-order valence-corrected chi connectivity index (χ2v) is 6.77. The molecule has 0 fully saturated rings. The van der Waals surface area contributed by atoms with Gasteiger partial charge in [0.1, 0.15) is 0 Å². The van der Waals surface area contributed by atoms with Gasteiger partial charge in [-0.25, -0.2) is 13.6 Å². The number of para-hydroxylation sites is 1. The van der Waals surface area contributed by atoms with Crippen molar-refractivity contribution in [1.29, 1.82) is 0 Å². The van der Waals surface area contributed by atoms with Crippen molar-refractivity contribution in [2.45, 2.75) is 33.4 Å². The van der Waals surface area contributed by atoms with Crippen molar-refractivity contribution in [2.24, 2.45) is 5.92 Å². The Hall–Kier alpha value is -2.76. The molecule has 0 atom stereocenters. The van der Waals surface area contributed by atoms with Crippen molar-refractivity contribution < 1.29 is 8.78 Å². The molecule has 0 spiro atoms. The lowest BCUT2D eigenvalue weighted by molar-refractivity contribution is 0.484. The van der Waals surface area contributed by atoms with Crippen molar-refractivity contribution in [2.75, 3.05) is 0 Å². The minimum Gasteiger partial charge on any atom is -0.289 e. The van der Waals surface area contributed by atoms with Crippen LogP contribution in [0.2, 0.25) is 0 Å². The van der Waals surface area contributed by atoms with Gasteiger partial charge in [-0.15, -0.1) is 0 Å². The molecule has 6 heteroatoms. The average Bonchev–Trinajstić information content (AvgIpc) is 2.61. The zero-order valence-electron chi connectivity index (χ0n) is 14.7. The minimum absolute atomic E-state index is 0.0541. The summed E-state index contributed by atoms with van der Waals surface area (Å²) < 4.78 is 29.4. The second kappa shape index (κ2) is 7.23. The van der Waals surface area contributed by atoms with Crippen LogP contribution in [0.3, 0.4) is 0 Å². The van der Waals surface area contributed by atoms with E-state index >= 15 is 0 Å². The van der Waals surface area contributed by atoms with Gasteiger partial charge >= 0.3 is 5.69 Å². The summed E-state index contributed by atoms with van der Waals surface area (Å²) in [7, 11) is 0. The van der Waals surface area contributed by atoms with E-state index in [1.54, 1.807) is 24.3 Å². The van der Waals surface area contributed by atoms with Crippen LogP contribution in [0.1, 0.15) is 25.8 Å². The minimum atomic E-state index is -0.965. The fourth-order valence-corrected chi connectivity index (χ4v) is 2.93. The van der Waals surface area contributed by atoms with E-state index in [0.29, 0.717) is 35.3 Å². The third-order valence-electron chi connectivity index (χ3n) is 4.39. The van der Waals surface area contributed by atoms with E-state index in [0.717, 1.165) is 12.1 Å². The number of nitrogens with zero attached hydrogens (tertiary/aromatic N) is 2. The van der Waals surface area contributed by atoms with Crippen LogP contribution in [-0.2, 0) is 13.1 Å². The quantitative estimate of drug-likeness (QED) is 0.700. The van der Waals surface area contributed by atoms with Gasteiger partial charge in [-0.2, -0.15) is 0 Å². The van der Waals surface area contributed by atoms with E-state index in [-0.39, 0.29) is 12.1 Å². The fourth-order valence-electron chi connectivity index (χ4n) is 2.93. The van der Waals surface area contributed by atoms with Gasteiger partial charge in [-0.3, -0.25) is 13.9 Å². The second-order valence-electron chi connectivity index (χ2n) is 6.77. The van der Waals surface area contributed by atoms with E-state index in [2.05, 4.69) is 0 Å². The van der Waals surface area contributed by atoms with Gasteiger partial charge < -0.3 is 0 Å². The Morgan fingerprint density at radius 2 is 1.69 bits per heavy atom.